The highest BCUT2D eigenvalue weighted by molar-refractivity contribution is 5.78. The van der Waals surface area contributed by atoms with Crippen molar-refractivity contribution in [2.75, 3.05) is 46.4 Å². The maximum Gasteiger partial charge on any atom is 0.225 e. The quantitative estimate of drug-likeness (QED) is 0.845. The Labute approximate surface area is 143 Å². The molecule has 2 saturated heterocycles. The van der Waals surface area contributed by atoms with Crippen LogP contribution in [0.1, 0.15) is 18.5 Å². The number of rotatable bonds is 4. The molecule has 1 atom stereocenters. The molecule has 3 rings (SSSR count). The standard InChI is InChI=1S/C17H27N5O2/c1-18-17(23)14-11-21(13-15-10-19-4-5-20-15)6-7-22(12-14)16-2-8-24-9-3-16/h4-5,10,14,16H,2-3,6-9,11-13H2,1H3,(H,18,23)/t14-/m0/s1. The molecule has 0 unspecified atom stereocenters. The van der Waals surface area contributed by atoms with Crippen LogP contribution in [0.4, 0.5) is 0 Å². The zero-order chi connectivity index (χ0) is 16.8. The highest BCUT2D eigenvalue weighted by Gasteiger charge is 2.31. The third kappa shape index (κ3) is 4.49. The van der Waals surface area contributed by atoms with Crippen LogP contribution in [0.25, 0.3) is 0 Å². The number of nitrogens with one attached hydrogen (secondary N) is 1. The highest BCUT2D eigenvalue weighted by Crippen LogP contribution is 2.20. The molecule has 1 aromatic rings. The fraction of sp³-hybridized carbons (Fsp3) is 0.706. The molecule has 7 heteroatoms. The third-order valence-electron chi connectivity index (χ3n) is 4.96. The Morgan fingerprint density at radius 1 is 1.29 bits per heavy atom. The minimum atomic E-state index is -0.0167. The van der Waals surface area contributed by atoms with E-state index in [1.165, 1.54) is 0 Å². The molecule has 0 bridgehead atoms. The molecule has 24 heavy (non-hydrogen) atoms. The molecule has 2 aliphatic heterocycles. The van der Waals surface area contributed by atoms with Gasteiger partial charge in [-0.2, -0.15) is 0 Å². The second kappa shape index (κ2) is 8.50. The Hall–Kier alpha value is -1.57. The topological polar surface area (TPSA) is 70.6 Å². The lowest BCUT2D eigenvalue weighted by atomic mass is 10.0. The second-order valence-electron chi connectivity index (χ2n) is 6.58. The van der Waals surface area contributed by atoms with Gasteiger partial charge in [0.1, 0.15) is 0 Å². The molecule has 1 N–H and O–H groups in total. The van der Waals surface area contributed by atoms with Crippen LogP contribution in [-0.4, -0.2) is 78.2 Å². The average Bonchev–Trinajstić information content (AvgIpc) is 2.85. The van der Waals surface area contributed by atoms with Gasteiger partial charge in [-0.05, 0) is 12.8 Å². The van der Waals surface area contributed by atoms with E-state index in [2.05, 4.69) is 25.1 Å². The van der Waals surface area contributed by atoms with E-state index in [4.69, 9.17) is 4.74 Å². The Bertz CT molecular complexity index is 521. The van der Waals surface area contributed by atoms with Crippen LogP contribution in [0.2, 0.25) is 0 Å². The molecule has 1 amide bonds. The number of aromatic nitrogens is 2. The lowest BCUT2D eigenvalue weighted by molar-refractivity contribution is -0.125. The summed E-state index contributed by atoms with van der Waals surface area (Å²) < 4.78 is 5.49. The Morgan fingerprint density at radius 3 is 2.83 bits per heavy atom. The third-order valence-corrected chi connectivity index (χ3v) is 4.96. The van der Waals surface area contributed by atoms with Gasteiger partial charge in [0.2, 0.25) is 5.91 Å². The molecule has 2 aliphatic rings. The maximum absolute atomic E-state index is 12.3. The van der Waals surface area contributed by atoms with E-state index >= 15 is 0 Å². The average molecular weight is 333 g/mol. The summed E-state index contributed by atoms with van der Waals surface area (Å²) in [5, 5.41) is 2.83. The Morgan fingerprint density at radius 2 is 2.12 bits per heavy atom. The summed E-state index contributed by atoms with van der Waals surface area (Å²) in [6.07, 6.45) is 7.33. The van der Waals surface area contributed by atoms with Crippen molar-refractivity contribution in [3.63, 3.8) is 0 Å². The molecule has 0 saturated carbocycles. The Balaban J connectivity index is 1.68. The lowest BCUT2D eigenvalue weighted by Crippen LogP contribution is -2.45. The maximum atomic E-state index is 12.3. The predicted octanol–water partition coefficient (Wildman–Crippen LogP) is 0.135. The van der Waals surface area contributed by atoms with Crippen LogP contribution < -0.4 is 5.32 Å². The monoisotopic (exact) mass is 333 g/mol. The molecule has 7 nitrogen and oxygen atoms in total. The van der Waals surface area contributed by atoms with E-state index in [9.17, 15) is 4.79 Å². The van der Waals surface area contributed by atoms with Crippen LogP contribution in [0.3, 0.4) is 0 Å². The summed E-state index contributed by atoms with van der Waals surface area (Å²) >= 11 is 0. The van der Waals surface area contributed by atoms with E-state index in [0.29, 0.717) is 6.04 Å². The summed E-state index contributed by atoms with van der Waals surface area (Å²) in [6, 6.07) is 0.530. The summed E-state index contributed by atoms with van der Waals surface area (Å²) in [6.45, 7) is 5.91. The largest absolute Gasteiger partial charge is 0.381 e. The van der Waals surface area contributed by atoms with Gasteiger partial charge in [-0.1, -0.05) is 0 Å². The molecular weight excluding hydrogens is 306 g/mol. The van der Waals surface area contributed by atoms with E-state index < -0.39 is 0 Å². The second-order valence-corrected chi connectivity index (χ2v) is 6.58. The summed E-state index contributed by atoms with van der Waals surface area (Å²) in [5.41, 5.74) is 0.952. The van der Waals surface area contributed by atoms with E-state index in [1.807, 2.05) is 0 Å². The van der Waals surface area contributed by atoms with E-state index in [0.717, 1.165) is 64.5 Å². The molecule has 132 valence electrons. The van der Waals surface area contributed by atoms with E-state index in [-0.39, 0.29) is 11.8 Å². The van der Waals surface area contributed by atoms with Crippen molar-refractivity contribution in [1.82, 2.24) is 25.1 Å². The SMILES string of the molecule is CNC(=O)[C@H]1CN(Cc2cnccn2)CCN(C2CCOCC2)C1. The number of carbonyl (C=O) groups is 1. The van der Waals surface area contributed by atoms with Crippen molar-refractivity contribution >= 4 is 5.91 Å². The summed E-state index contributed by atoms with van der Waals surface area (Å²) in [5.74, 6) is 0.107. The minimum Gasteiger partial charge on any atom is -0.381 e. The molecular formula is C17H27N5O2. The number of hydrogen-bond donors (Lipinski definition) is 1. The van der Waals surface area contributed by atoms with Gasteiger partial charge in [-0.3, -0.25) is 24.6 Å². The highest BCUT2D eigenvalue weighted by atomic mass is 16.5. The van der Waals surface area contributed by atoms with Crippen molar-refractivity contribution < 1.29 is 9.53 Å². The predicted molar refractivity (Wildman–Crippen MR) is 90.3 cm³/mol. The molecule has 1 aromatic heterocycles. The molecule has 0 spiro atoms. The van der Waals surface area contributed by atoms with Gasteiger partial charge < -0.3 is 10.1 Å². The van der Waals surface area contributed by atoms with Crippen LogP contribution in [0.5, 0.6) is 0 Å². The van der Waals surface area contributed by atoms with Crippen molar-refractivity contribution in [1.29, 1.82) is 0 Å². The number of ether oxygens (including phenoxy) is 1. The van der Waals surface area contributed by atoms with Gasteiger partial charge in [-0.25, -0.2) is 0 Å². The zero-order valence-electron chi connectivity index (χ0n) is 14.4. The number of nitrogens with zero attached hydrogens (tertiary/aromatic N) is 4. The number of amides is 1. The first-order chi connectivity index (χ1) is 11.8. The van der Waals surface area contributed by atoms with Gasteiger partial charge in [-0.15, -0.1) is 0 Å². The number of carbonyl (C=O) groups excluding carboxylic acids is 1. The first-order valence-corrected chi connectivity index (χ1v) is 8.77. The Kier molecular flexibility index (Phi) is 6.12. The summed E-state index contributed by atoms with van der Waals surface area (Å²) in [7, 11) is 1.72. The molecule has 0 aliphatic carbocycles. The molecule has 0 aromatic carbocycles. The van der Waals surface area contributed by atoms with Gasteiger partial charge in [0.25, 0.3) is 0 Å². The normalized spacial score (nSPS) is 24.5. The molecule has 0 radical (unpaired) electrons. The van der Waals surface area contributed by atoms with Crippen molar-refractivity contribution in [3.05, 3.63) is 24.3 Å². The smallest absolute Gasteiger partial charge is 0.225 e. The van der Waals surface area contributed by atoms with Crippen molar-refractivity contribution in [3.8, 4) is 0 Å². The fourth-order valence-electron chi connectivity index (χ4n) is 3.64. The van der Waals surface area contributed by atoms with Gasteiger partial charge in [0, 0.05) is 77.6 Å². The summed E-state index contributed by atoms with van der Waals surface area (Å²) in [4.78, 5) is 25.6. The van der Waals surface area contributed by atoms with Gasteiger partial charge >= 0.3 is 0 Å². The van der Waals surface area contributed by atoms with Crippen molar-refractivity contribution in [2.24, 2.45) is 5.92 Å². The first kappa shape index (κ1) is 17.3. The molecule has 3 heterocycles. The van der Waals surface area contributed by atoms with Crippen LogP contribution in [0.15, 0.2) is 18.6 Å². The van der Waals surface area contributed by atoms with Gasteiger partial charge in [0.15, 0.2) is 0 Å². The van der Waals surface area contributed by atoms with Crippen LogP contribution >= 0.6 is 0 Å². The first-order valence-electron chi connectivity index (χ1n) is 8.77. The van der Waals surface area contributed by atoms with Crippen LogP contribution in [-0.2, 0) is 16.1 Å². The minimum absolute atomic E-state index is 0.0167. The lowest BCUT2D eigenvalue weighted by Gasteiger charge is -2.34. The zero-order valence-corrected chi connectivity index (χ0v) is 14.4. The number of hydrogen-bond acceptors (Lipinski definition) is 6. The van der Waals surface area contributed by atoms with Crippen LogP contribution in [0, 0.1) is 5.92 Å². The fourth-order valence-corrected chi connectivity index (χ4v) is 3.64. The van der Waals surface area contributed by atoms with Gasteiger partial charge in [0.05, 0.1) is 11.6 Å². The van der Waals surface area contributed by atoms with E-state index in [1.54, 1.807) is 25.6 Å². The van der Waals surface area contributed by atoms with Crippen molar-refractivity contribution in [2.45, 2.75) is 25.4 Å². The molecule has 2 fully saturated rings.